The van der Waals surface area contributed by atoms with Gasteiger partial charge in [-0.2, -0.15) is 0 Å². The Morgan fingerprint density at radius 2 is 2.06 bits per heavy atom. The standard InChI is InChI=1S/C11H16N2O4/c1-2-16-6-7-17-8-9-4-3-5-10(11(9)12)13(14)15/h3-5H,2,6-8,12H2,1H3. The summed E-state index contributed by atoms with van der Waals surface area (Å²) in [5, 5.41) is 10.7. The molecule has 94 valence electrons. The summed E-state index contributed by atoms with van der Waals surface area (Å²) in [6.07, 6.45) is 0. The highest BCUT2D eigenvalue weighted by molar-refractivity contribution is 5.62. The van der Waals surface area contributed by atoms with Crippen LogP contribution in [0.1, 0.15) is 12.5 Å². The van der Waals surface area contributed by atoms with Gasteiger partial charge in [-0.05, 0) is 6.92 Å². The molecule has 17 heavy (non-hydrogen) atoms. The van der Waals surface area contributed by atoms with Crippen LogP contribution >= 0.6 is 0 Å². The third kappa shape index (κ3) is 4.01. The summed E-state index contributed by atoms with van der Waals surface area (Å²) >= 11 is 0. The Balaban J connectivity index is 2.54. The normalized spacial score (nSPS) is 10.4. The van der Waals surface area contributed by atoms with Gasteiger partial charge < -0.3 is 15.2 Å². The molecule has 1 aromatic rings. The number of ether oxygens (including phenoxy) is 2. The zero-order chi connectivity index (χ0) is 12.7. The molecule has 0 heterocycles. The molecule has 0 aliphatic heterocycles. The number of rotatable bonds is 7. The van der Waals surface area contributed by atoms with Crippen molar-refractivity contribution >= 4 is 11.4 Å². The topological polar surface area (TPSA) is 87.6 Å². The van der Waals surface area contributed by atoms with E-state index in [-0.39, 0.29) is 18.0 Å². The SMILES string of the molecule is CCOCCOCc1cccc([N+](=O)[O-])c1N. The van der Waals surface area contributed by atoms with E-state index in [1.54, 1.807) is 12.1 Å². The fourth-order valence-electron chi connectivity index (χ4n) is 1.33. The van der Waals surface area contributed by atoms with Crippen molar-refractivity contribution in [1.82, 2.24) is 0 Å². The second-order valence-electron chi connectivity index (χ2n) is 3.36. The van der Waals surface area contributed by atoms with E-state index >= 15 is 0 Å². The minimum absolute atomic E-state index is 0.0871. The maximum atomic E-state index is 10.7. The van der Waals surface area contributed by atoms with E-state index in [4.69, 9.17) is 15.2 Å². The molecule has 0 unspecified atom stereocenters. The van der Waals surface area contributed by atoms with Gasteiger partial charge in [-0.15, -0.1) is 0 Å². The van der Waals surface area contributed by atoms with Crippen LogP contribution in [0, 0.1) is 10.1 Å². The summed E-state index contributed by atoms with van der Waals surface area (Å²) in [4.78, 5) is 10.2. The largest absolute Gasteiger partial charge is 0.393 e. The molecule has 1 aromatic carbocycles. The van der Waals surface area contributed by atoms with Crippen molar-refractivity contribution in [1.29, 1.82) is 0 Å². The summed E-state index contributed by atoms with van der Waals surface area (Å²) < 4.78 is 10.4. The first-order valence-electron chi connectivity index (χ1n) is 5.34. The summed E-state index contributed by atoms with van der Waals surface area (Å²) in [6, 6.07) is 4.68. The maximum absolute atomic E-state index is 10.7. The van der Waals surface area contributed by atoms with Crippen LogP contribution in [-0.4, -0.2) is 24.7 Å². The predicted octanol–water partition coefficient (Wildman–Crippen LogP) is 1.73. The van der Waals surface area contributed by atoms with Gasteiger partial charge in [-0.3, -0.25) is 10.1 Å². The molecule has 0 radical (unpaired) electrons. The highest BCUT2D eigenvalue weighted by atomic mass is 16.6. The van der Waals surface area contributed by atoms with Crippen LogP contribution in [-0.2, 0) is 16.1 Å². The average Bonchev–Trinajstić information content (AvgIpc) is 2.30. The van der Waals surface area contributed by atoms with Crippen LogP contribution in [0.15, 0.2) is 18.2 Å². The zero-order valence-corrected chi connectivity index (χ0v) is 9.72. The summed E-state index contributed by atoms with van der Waals surface area (Å²) in [6.45, 7) is 3.74. The summed E-state index contributed by atoms with van der Waals surface area (Å²) in [7, 11) is 0. The second kappa shape index (κ2) is 6.82. The van der Waals surface area contributed by atoms with Crippen molar-refractivity contribution in [3.63, 3.8) is 0 Å². The molecule has 0 aliphatic carbocycles. The third-order valence-electron chi connectivity index (χ3n) is 2.20. The van der Waals surface area contributed by atoms with Crippen molar-refractivity contribution in [3.8, 4) is 0 Å². The Hall–Kier alpha value is -1.66. The van der Waals surface area contributed by atoms with Gasteiger partial charge in [0.25, 0.3) is 5.69 Å². The maximum Gasteiger partial charge on any atom is 0.292 e. The Morgan fingerprint density at radius 3 is 2.71 bits per heavy atom. The van der Waals surface area contributed by atoms with E-state index in [0.29, 0.717) is 25.4 Å². The predicted molar refractivity (Wildman–Crippen MR) is 63.7 cm³/mol. The molecular formula is C11H16N2O4. The number of nitro benzene ring substituents is 1. The Morgan fingerprint density at radius 1 is 1.35 bits per heavy atom. The van der Waals surface area contributed by atoms with Gasteiger partial charge in [0.1, 0.15) is 5.69 Å². The number of nitrogen functional groups attached to an aromatic ring is 1. The minimum Gasteiger partial charge on any atom is -0.393 e. The number of nitrogens with two attached hydrogens (primary N) is 1. The minimum atomic E-state index is -0.501. The monoisotopic (exact) mass is 240 g/mol. The Bertz CT molecular complexity index is 382. The summed E-state index contributed by atoms with van der Waals surface area (Å²) in [5.74, 6) is 0. The van der Waals surface area contributed by atoms with Gasteiger partial charge in [-0.1, -0.05) is 12.1 Å². The molecule has 0 atom stereocenters. The van der Waals surface area contributed by atoms with E-state index in [2.05, 4.69) is 0 Å². The lowest BCUT2D eigenvalue weighted by Gasteiger charge is -2.07. The van der Waals surface area contributed by atoms with E-state index < -0.39 is 4.92 Å². The fourth-order valence-corrected chi connectivity index (χ4v) is 1.33. The lowest BCUT2D eigenvalue weighted by Crippen LogP contribution is -2.06. The first kappa shape index (κ1) is 13.4. The van der Waals surface area contributed by atoms with Gasteiger partial charge in [0.05, 0.1) is 24.7 Å². The van der Waals surface area contributed by atoms with Gasteiger partial charge in [0.2, 0.25) is 0 Å². The van der Waals surface area contributed by atoms with E-state index in [9.17, 15) is 10.1 Å². The van der Waals surface area contributed by atoms with Crippen molar-refractivity contribution in [2.45, 2.75) is 13.5 Å². The lowest BCUT2D eigenvalue weighted by molar-refractivity contribution is -0.384. The number of benzene rings is 1. The molecule has 0 aromatic heterocycles. The lowest BCUT2D eigenvalue weighted by atomic mass is 10.1. The van der Waals surface area contributed by atoms with Gasteiger partial charge in [0, 0.05) is 18.2 Å². The average molecular weight is 240 g/mol. The van der Waals surface area contributed by atoms with Crippen molar-refractivity contribution < 1.29 is 14.4 Å². The molecule has 6 heteroatoms. The number of para-hydroxylation sites is 1. The molecule has 0 spiro atoms. The molecule has 0 saturated carbocycles. The molecular weight excluding hydrogens is 224 g/mol. The molecule has 0 saturated heterocycles. The van der Waals surface area contributed by atoms with Gasteiger partial charge >= 0.3 is 0 Å². The first-order chi connectivity index (χ1) is 8.16. The second-order valence-corrected chi connectivity index (χ2v) is 3.36. The number of anilines is 1. The molecule has 0 aliphatic rings. The smallest absolute Gasteiger partial charge is 0.292 e. The van der Waals surface area contributed by atoms with Gasteiger partial charge in [0.15, 0.2) is 0 Å². The van der Waals surface area contributed by atoms with Crippen LogP contribution < -0.4 is 5.73 Å². The van der Waals surface area contributed by atoms with Gasteiger partial charge in [-0.25, -0.2) is 0 Å². The number of hydrogen-bond acceptors (Lipinski definition) is 5. The van der Waals surface area contributed by atoms with E-state index in [1.165, 1.54) is 6.07 Å². The van der Waals surface area contributed by atoms with Crippen molar-refractivity contribution in [2.75, 3.05) is 25.6 Å². The fraction of sp³-hybridized carbons (Fsp3) is 0.455. The Kier molecular flexibility index (Phi) is 5.38. The first-order valence-corrected chi connectivity index (χ1v) is 5.34. The number of nitro groups is 1. The number of hydrogen-bond donors (Lipinski definition) is 1. The zero-order valence-electron chi connectivity index (χ0n) is 9.72. The highest BCUT2D eigenvalue weighted by Gasteiger charge is 2.13. The molecule has 0 bridgehead atoms. The quantitative estimate of drug-likeness (QED) is 0.339. The summed E-state index contributed by atoms with van der Waals surface area (Å²) in [5.41, 5.74) is 6.37. The molecule has 1 rings (SSSR count). The van der Waals surface area contributed by atoms with Crippen LogP contribution in [0.2, 0.25) is 0 Å². The highest BCUT2D eigenvalue weighted by Crippen LogP contribution is 2.25. The molecule has 6 nitrogen and oxygen atoms in total. The van der Waals surface area contributed by atoms with E-state index in [0.717, 1.165) is 0 Å². The van der Waals surface area contributed by atoms with Crippen molar-refractivity contribution in [3.05, 3.63) is 33.9 Å². The third-order valence-corrected chi connectivity index (χ3v) is 2.20. The van der Waals surface area contributed by atoms with Crippen LogP contribution in [0.3, 0.4) is 0 Å². The Labute approximate surface area is 99.5 Å². The van der Waals surface area contributed by atoms with Crippen LogP contribution in [0.4, 0.5) is 11.4 Å². The molecule has 0 fully saturated rings. The van der Waals surface area contributed by atoms with Crippen molar-refractivity contribution in [2.24, 2.45) is 0 Å². The van der Waals surface area contributed by atoms with E-state index in [1.807, 2.05) is 6.92 Å². The molecule has 0 amide bonds. The van der Waals surface area contributed by atoms with Crippen LogP contribution in [0.5, 0.6) is 0 Å². The van der Waals surface area contributed by atoms with Crippen LogP contribution in [0.25, 0.3) is 0 Å². The molecule has 2 N–H and O–H groups in total. The number of nitrogens with zero attached hydrogens (tertiary/aromatic N) is 1.